The average molecular weight is 553 g/mol. The van der Waals surface area contributed by atoms with Gasteiger partial charge in [-0.1, -0.05) is 128 Å². The van der Waals surface area contributed by atoms with Gasteiger partial charge in [-0.3, -0.25) is 0 Å². The Balaban J connectivity index is 1.60. The van der Waals surface area contributed by atoms with Crippen LogP contribution in [0.15, 0.2) is 171 Å². The molecule has 1 aliphatic rings. The van der Waals surface area contributed by atoms with Gasteiger partial charge < -0.3 is 9.47 Å². The second-order valence-corrected chi connectivity index (χ2v) is 10.7. The van der Waals surface area contributed by atoms with Crippen molar-refractivity contribution in [3.8, 4) is 11.1 Å². The fourth-order valence-electron chi connectivity index (χ4n) is 6.04. The molecule has 1 aromatic heterocycles. The number of aromatic nitrogens is 1. The predicted octanol–water partition coefficient (Wildman–Crippen LogP) is 11.2. The Bertz CT molecular complexity index is 2090. The molecular weight excluding hydrogens is 520 g/mol. The van der Waals surface area contributed by atoms with Crippen molar-refractivity contribution in [1.29, 1.82) is 0 Å². The van der Waals surface area contributed by atoms with Gasteiger partial charge in [-0.05, 0) is 65.6 Å². The first-order chi connectivity index (χ1) is 21.2. The van der Waals surface area contributed by atoms with Gasteiger partial charge in [-0.25, -0.2) is 0 Å². The maximum absolute atomic E-state index is 4.49. The van der Waals surface area contributed by atoms with E-state index in [4.69, 9.17) is 0 Å². The van der Waals surface area contributed by atoms with Crippen molar-refractivity contribution in [2.75, 3.05) is 4.90 Å². The van der Waals surface area contributed by atoms with Gasteiger partial charge in [0.25, 0.3) is 0 Å². The van der Waals surface area contributed by atoms with Gasteiger partial charge in [-0.15, -0.1) is 0 Å². The van der Waals surface area contributed by atoms with Crippen LogP contribution in [-0.2, 0) is 0 Å². The molecule has 0 saturated heterocycles. The highest BCUT2D eigenvalue weighted by molar-refractivity contribution is 6.17. The van der Waals surface area contributed by atoms with Crippen molar-refractivity contribution in [1.82, 2.24) is 4.57 Å². The van der Waals surface area contributed by atoms with Gasteiger partial charge in [-0.2, -0.15) is 0 Å². The van der Waals surface area contributed by atoms with Gasteiger partial charge >= 0.3 is 0 Å². The molecule has 0 unspecified atom stereocenters. The number of para-hydroxylation sites is 2. The molecular formula is C41H32N2. The fourth-order valence-corrected chi connectivity index (χ4v) is 6.04. The zero-order chi connectivity index (χ0) is 29.2. The van der Waals surface area contributed by atoms with Crippen LogP contribution in [0.25, 0.3) is 44.2 Å². The van der Waals surface area contributed by atoms with Crippen LogP contribution in [0.1, 0.15) is 18.1 Å². The third-order valence-corrected chi connectivity index (χ3v) is 8.03. The molecule has 0 amide bonds. The molecule has 0 aliphatic carbocycles. The molecule has 206 valence electrons. The van der Waals surface area contributed by atoms with Gasteiger partial charge in [0.05, 0.1) is 22.4 Å². The normalized spacial score (nSPS) is 15.0. The van der Waals surface area contributed by atoms with E-state index in [0.717, 1.165) is 44.8 Å². The van der Waals surface area contributed by atoms with Crippen LogP contribution in [0.2, 0.25) is 0 Å². The summed E-state index contributed by atoms with van der Waals surface area (Å²) in [4.78, 5) is 2.30. The van der Waals surface area contributed by atoms with Gasteiger partial charge in [0.2, 0.25) is 0 Å². The zero-order valence-corrected chi connectivity index (χ0v) is 24.2. The molecule has 0 fully saturated rings. The molecule has 43 heavy (non-hydrogen) atoms. The van der Waals surface area contributed by atoms with E-state index >= 15 is 0 Å². The summed E-state index contributed by atoms with van der Waals surface area (Å²) in [7, 11) is 0. The minimum Gasteiger partial charge on any atom is -0.315 e. The van der Waals surface area contributed by atoms with Crippen LogP contribution in [0, 0.1) is 0 Å². The molecule has 0 spiro atoms. The van der Waals surface area contributed by atoms with E-state index in [1.54, 1.807) is 0 Å². The summed E-state index contributed by atoms with van der Waals surface area (Å²) in [5.74, 6) is 0. The Kier molecular flexibility index (Phi) is 6.94. The lowest BCUT2D eigenvalue weighted by Gasteiger charge is -2.27. The van der Waals surface area contributed by atoms with Gasteiger partial charge in [0, 0.05) is 28.2 Å². The second kappa shape index (κ2) is 11.3. The quantitative estimate of drug-likeness (QED) is 0.193. The second-order valence-electron chi connectivity index (χ2n) is 10.7. The molecule has 0 atom stereocenters. The van der Waals surface area contributed by atoms with E-state index in [1.807, 2.05) is 0 Å². The third kappa shape index (κ3) is 4.73. The van der Waals surface area contributed by atoms with Crippen molar-refractivity contribution >= 4 is 44.5 Å². The third-order valence-electron chi connectivity index (χ3n) is 8.03. The van der Waals surface area contributed by atoms with Crippen LogP contribution in [-0.4, -0.2) is 4.57 Å². The topological polar surface area (TPSA) is 8.17 Å². The minimum absolute atomic E-state index is 0.976. The maximum Gasteiger partial charge on any atom is 0.0788 e. The molecule has 1 aliphatic heterocycles. The highest BCUT2D eigenvalue weighted by atomic mass is 15.1. The Labute approximate surface area is 253 Å². The van der Waals surface area contributed by atoms with Crippen LogP contribution in [0.4, 0.5) is 11.4 Å². The number of hydrogen-bond acceptors (Lipinski definition) is 1. The highest BCUT2D eigenvalue weighted by Crippen LogP contribution is 2.45. The van der Waals surface area contributed by atoms with Gasteiger partial charge in [0.1, 0.15) is 0 Å². The van der Waals surface area contributed by atoms with E-state index in [9.17, 15) is 0 Å². The Morgan fingerprint density at radius 1 is 0.698 bits per heavy atom. The SMILES string of the molecule is C=C1/C=C\C=C/N(c2ccccc2)c2c1ccc1c3ccccc3n(/C(=C\C=C/C)c3cccc(-c4ccccc4)c3)c21. The van der Waals surface area contributed by atoms with Crippen molar-refractivity contribution in [3.63, 3.8) is 0 Å². The lowest BCUT2D eigenvalue weighted by atomic mass is 9.98. The lowest BCUT2D eigenvalue weighted by molar-refractivity contribution is 1.19. The van der Waals surface area contributed by atoms with Crippen LogP contribution >= 0.6 is 0 Å². The number of benzene rings is 5. The summed E-state index contributed by atoms with van der Waals surface area (Å²) in [6.45, 7) is 6.55. The zero-order valence-electron chi connectivity index (χ0n) is 24.2. The Morgan fingerprint density at radius 2 is 1.44 bits per heavy atom. The van der Waals surface area contributed by atoms with Crippen molar-refractivity contribution in [2.45, 2.75) is 6.92 Å². The van der Waals surface area contributed by atoms with Crippen LogP contribution in [0.5, 0.6) is 0 Å². The molecule has 0 saturated carbocycles. The van der Waals surface area contributed by atoms with E-state index in [0.29, 0.717) is 0 Å². The van der Waals surface area contributed by atoms with Gasteiger partial charge in [0.15, 0.2) is 0 Å². The molecule has 6 aromatic rings. The summed E-state index contributed by atoms with van der Waals surface area (Å²) >= 11 is 0. The molecule has 2 heterocycles. The molecule has 2 heteroatoms. The number of anilines is 2. The number of rotatable bonds is 5. The predicted molar refractivity (Wildman–Crippen MR) is 185 cm³/mol. The first kappa shape index (κ1) is 26.3. The molecule has 0 radical (unpaired) electrons. The summed E-state index contributed by atoms with van der Waals surface area (Å²) in [6.07, 6.45) is 14.9. The largest absolute Gasteiger partial charge is 0.315 e. The smallest absolute Gasteiger partial charge is 0.0788 e. The molecule has 7 rings (SSSR count). The van der Waals surface area contributed by atoms with Crippen molar-refractivity contribution in [2.24, 2.45) is 0 Å². The van der Waals surface area contributed by atoms with E-state index < -0.39 is 0 Å². The Hall–Kier alpha value is -5.60. The lowest BCUT2D eigenvalue weighted by Crippen LogP contribution is -2.13. The summed E-state index contributed by atoms with van der Waals surface area (Å²) in [5.41, 5.74) is 11.2. The summed E-state index contributed by atoms with van der Waals surface area (Å²) in [6, 6.07) is 43.2. The molecule has 5 aromatic carbocycles. The Morgan fingerprint density at radius 3 is 2.26 bits per heavy atom. The summed E-state index contributed by atoms with van der Waals surface area (Å²) in [5, 5.41) is 2.41. The molecule has 0 N–H and O–H groups in total. The van der Waals surface area contributed by atoms with E-state index in [-0.39, 0.29) is 0 Å². The number of hydrogen-bond donors (Lipinski definition) is 0. The number of fused-ring (bicyclic) bond motifs is 5. The first-order valence-electron chi connectivity index (χ1n) is 14.7. The standard InChI is InChI=1S/C41H32N2/c1-3-4-24-38(33-20-15-19-32(29-33)31-17-7-5-8-18-31)43-39-25-12-11-23-36(39)37-27-26-35-30(2)16-13-14-28-42(40(35)41(37)43)34-21-9-6-10-22-34/h3-29H,2H2,1H3/b4-3-,16-13-,28-14-,38-24-. The van der Waals surface area contributed by atoms with Crippen LogP contribution in [0.3, 0.4) is 0 Å². The van der Waals surface area contributed by atoms with Crippen molar-refractivity contribution in [3.05, 3.63) is 182 Å². The minimum atomic E-state index is 0.976. The molecule has 0 bridgehead atoms. The first-order valence-corrected chi connectivity index (χ1v) is 14.7. The van der Waals surface area contributed by atoms with E-state index in [1.165, 1.54) is 21.9 Å². The number of nitrogens with zero attached hydrogens (tertiary/aromatic N) is 2. The number of allylic oxidation sites excluding steroid dienone is 7. The fraction of sp³-hybridized carbons (Fsp3) is 0.0244. The molecule has 2 nitrogen and oxygen atoms in total. The van der Waals surface area contributed by atoms with E-state index in [2.05, 4.69) is 187 Å². The van der Waals surface area contributed by atoms with Crippen LogP contribution < -0.4 is 4.90 Å². The highest BCUT2D eigenvalue weighted by Gasteiger charge is 2.24. The summed E-state index contributed by atoms with van der Waals surface area (Å²) < 4.78 is 2.44. The van der Waals surface area contributed by atoms with Crippen molar-refractivity contribution < 1.29 is 0 Å². The monoisotopic (exact) mass is 552 g/mol. The average Bonchev–Trinajstić information content (AvgIpc) is 3.39. The maximum atomic E-state index is 4.49.